The first-order valence-electron chi connectivity index (χ1n) is 10.4. The van der Waals surface area contributed by atoms with Crippen LogP contribution in [0.2, 0.25) is 0 Å². The number of aromatic nitrogens is 4. The smallest absolute Gasteiger partial charge is 0.227 e. The van der Waals surface area contributed by atoms with Crippen molar-refractivity contribution >= 4 is 22.9 Å². The van der Waals surface area contributed by atoms with Crippen LogP contribution in [-0.2, 0) is 13.1 Å². The highest BCUT2D eigenvalue weighted by atomic mass is 16.5. The fourth-order valence-electron chi connectivity index (χ4n) is 3.82. The lowest BCUT2D eigenvalue weighted by Gasteiger charge is -2.26. The van der Waals surface area contributed by atoms with E-state index in [-0.39, 0.29) is 5.75 Å². The zero-order chi connectivity index (χ0) is 21.1. The van der Waals surface area contributed by atoms with E-state index in [1.165, 1.54) is 0 Å². The van der Waals surface area contributed by atoms with Crippen molar-refractivity contribution < 1.29 is 9.84 Å². The summed E-state index contributed by atoms with van der Waals surface area (Å²) in [6.07, 6.45) is 5.81. The van der Waals surface area contributed by atoms with Gasteiger partial charge >= 0.3 is 0 Å². The summed E-state index contributed by atoms with van der Waals surface area (Å²) in [5.41, 5.74) is 8.23. The van der Waals surface area contributed by atoms with Crippen LogP contribution in [0.5, 0.6) is 11.5 Å². The van der Waals surface area contributed by atoms with Gasteiger partial charge < -0.3 is 30.8 Å². The van der Waals surface area contributed by atoms with E-state index in [0.717, 1.165) is 37.9 Å². The molecule has 0 amide bonds. The van der Waals surface area contributed by atoms with Crippen LogP contribution >= 0.6 is 0 Å². The molecule has 0 saturated heterocycles. The minimum atomic E-state index is 0.199. The predicted molar refractivity (Wildman–Crippen MR) is 117 cm³/mol. The fraction of sp³-hybridized carbons (Fsp3) is 0.476. The van der Waals surface area contributed by atoms with Crippen LogP contribution in [0, 0.1) is 0 Å². The van der Waals surface area contributed by atoms with Crippen LogP contribution in [0.15, 0.2) is 24.5 Å². The number of rotatable bonds is 7. The number of nitrogens with zero attached hydrogens (tertiary/aromatic N) is 4. The number of nitrogens with one attached hydrogen (secondary N) is 2. The van der Waals surface area contributed by atoms with E-state index in [0.29, 0.717) is 47.2 Å². The number of hydrogen-bond acceptors (Lipinski definition) is 8. The molecule has 9 nitrogen and oxygen atoms in total. The van der Waals surface area contributed by atoms with E-state index in [9.17, 15) is 5.11 Å². The monoisotopic (exact) mass is 411 g/mol. The molecule has 30 heavy (non-hydrogen) atoms. The van der Waals surface area contributed by atoms with Crippen LogP contribution in [0.1, 0.15) is 38.2 Å². The average Bonchev–Trinajstić information content (AvgIpc) is 3.18. The highest BCUT2D eigenvalue weighted by Gasteiger charge is 2.20. The second-order valence-electron chi connectivity index (χ2n) is 7.70. The van der Waals surface area contributed by atoms with Gasteiger partial charge in [-0.25, -0.2) is 4.98 Å². The van der Waals surface area contributed by atoms with Gasteiger partial charge in [-0.05, 0) is 50.8 Å². The van der Waals surface area contributed by atoms with E-state index in [4.69, 9.17) is 20.4 Å². The van der Waals surface area contributed by atoms with Crippen LogP contribution in [0.4, 0.5) is 11.8 Å². The van der Waals surface area contributed by atoms with Gasteiger partial charge in [-0.15, -0.1) is 0 Å². The topological polar surface area (TPSA) is 123 Å². The number of anilines is 2. The number of aromatic hydroxyl groups is 1. The zero-order valence-electron chi connectivity index (χ0n) is 17.4. The maximum atomic E-state index is 10.2. The predicted octanol–water partition coefficient (Wildman–Crippen LogP) is 2.85. The molecule has 1 saturated carbocycles. The Balaban J connectivity index is 1.60. The largest absolute Gasteiger partial charge is 0.508 e. The minimum absolute atomic E-state index is 0.199. The molecule has 5 N–H and O–H groups in total. The maximum Gasteiger partial charge on any atom is 0.227 e. The summed E-state index contributed by atoms with van der Waals surface area (Å²) in [5, 5.41) is 17.0. The Morgan fingerprint density at radius 1 is 1.23 bits per heavy atom. The number of benzene rings is 1. The lowest BCUT2D eigenvalue weighted by molar-refractivity contribution is 0.410. The third-order valence-electron chi connectivity index (χ3n) is 5.64. The van der Waals surface area contributed by atoms with Gasteiger partial charge in [0.25, 0.3) is 0 Å². The third-order valence-corrected chi connectivity index (χ3v) is 5.64. The van der Waals surface area contributed by atoms with Crippen molar-refractivity contribution in [3.8, 4) is 11.5 Å². The Labute approximate surface area is 175 Å². The molecule has 2 heterocycles. The number of imidazole rings is 1. The second kappa shape index (κ2) is 8.74. The number of ether oxygens (including phenoxy) is 1. The van der Waals surface area contributed by atoms with Gasteiger partial charge in [0.15, 0.2) is 17.0 Å². The Kier molecular flexibility index (Phi) is 5.89. The molecular weight excluding hydrogens is 382 g/mol. The molecule has 1 fully saturated rings. The van der Waals surface area contributed by atoms with Crippen LogP contribution in [0.25, 0.3) is 11.2 Å². The van der Waals surface area contributed by atoms with Gasteiger partial charge in [-0.1, -0.05) is 0 Å². The van der Waals surface area contributed by atoms with Crippen molar-refractivity contribution in [2.24, 2.45) is 5.73 Å². The Hall–Kier alpha value is -3.07. The highest BCUT2D eigenvalue weighted by molar-refractivity contribution is 5.84. The first kappa shape index (κ1) is 20.2. The fourth-order valence-corrected chi connectivity index (χ4v) is 3.82. The average molecular weight is 412 g/mol. The van der Waals surface area contributed by atoms with Crippen LogP contribution in [0.3, 0.4) is 0 Å². The molecule has 0 radical (unpaired) electrons. The van der Waals surface area contributed by atoms with Crippen molar-refractivity contribution in [1.29, 1.82) is 0 Å². The molecular formula is C21H29N7O2. The van der Waals surface area contributed by atoms with Gasteiger partial charge in [0.2, 0.25) is 5.95 Å². The summed E-state index contributed by atoms with van der Waals surface area (Å²) in [4.78, 5) is 13.9. The quantitative estimate of drug-likeness (QED) is 0.468. The molecule has 0 unspecified atom stereocenters. The molecule has 3 aromatic rings. The standard InChI is InChI=1S/C21H29N7O2/c1-3-28-12-24-18-19(23-11-13-10-16(30-2)8-9-17(13)29)26-21(27-20(18)28)25-15-6-4-14(22)5-7-15/h8-10,12,14-15,29H,3-7,11,22H2,1-2H3,(H2,23,25,26,27). The number of aryl methyl sites for hydroxylation is 1. The zero-order valence-corrected chi connectivity index (χ0v) is 17.4. The normalized spacial score (nSPS) is 19.0. The van der Waals surface area contributed by atoms with Crippen molar-refractivity contribution in [3.05, 3.63) is 30.1 Å². The molecule has 2 aromatic heterocycles. The molecule has 1 aromatic carbocycles. The van der Waals surface area contributed by atoms with Crippen LogP contribution in [-0.4, -0.2) is 43.8 Å². The molecule has 0 spiro atoms. The van der Waals surface area contributed by atoms with Crippen molar-refractivity contribution in [1.82, 2.24) is 19.5 Å². The van der Waals surface area contributed by atoms with Crippen molar-refractivity contribution in [2.75, 3.05) is 17.7 Å². The summed E-state index contributed by atoms with van der Waals surface area (Å²) in [6.45, 7) is 3.20. The maximum absolute atomic E-state index is 10.2. The Morgan fingerprint density at radius 3 is 2.77 bits per heavy atom. The molecule has 4 rings (SSSR count). The van der Waals surface area contributed by atoms with E-state index >= 15 is 0 Å². The van der Waals surface area contributed by atoms with Gasteiger partial charge in [0.05, 0.1) is 13.4 Å². The summed E-state index contributed by atoms with van der Waals surface area (Å²) in [7, 11) is 1.60. The van der Waals surface area contributed by atoms with E-state index < -0.39 is 0 Å². The van der Waals surface area contributed by atoms with E-state index in [1.54, 1.807) is 31.6 Å². The highest BCUT2D eigenvalue weighted by Crippen LogP contribution is 2.27. The minimum Gasteiger partial charge on any atom is -0.508 e. The number of methoxy groups -OCH3 is 1. The number of phenolic OH excluding ortho intramolecular Hbond substituents is 1. The second-order valence-corrected chi connectivity index (χ2v) is 7.70. The van der Waals surface area contributed by atoms with Gasteiger partial charge in [0, 0.05) is 30.7 Å². The molecule has 160 valence electrons. The molecule has 0 atom stereocenters. The van der Waals surface area contributed by atoms with Gasteiger partial charge in [-0.3, -0.25) is 0 Å². The number of fused-ring (bicyclic) bond motifs is 1. The summed E-state index contributed by atoms with van der Waals surface area (Å²) < 4.78 is 7.26. The lowest BCUT2D eigenvalue weighted by atomic mass is 9.92. The summed E-state index contributed by atoms with van der Waals surface area (Å²) in [6, 6.07) is 5.76. The molecule has 1 aliphatic rings. The van der Waals surface area contributed by atoms with Crippen LogP contribution < -0.4 is 21.1 Å². The molecule has 1 aliphatic carbocycles. The van der Waals surface area contributed by atoms with E-state index in [2.05, 4.69) is 22.5 Å². The Morgan fingerprint density at radius 2 is 2.03 bits per heavy atom. The molecule has 9 heteroatoms. The first-order chi connectivity index (χ1) is 14.6. The van der Waals surface area contributed by atoms with Crippen molar-refractivity contribution in [3.63, 3.8) is 0 Å². The van der Waals surface area contributed by atoms with E-state index in [1.807, 2.05) is 4.57 Å². The summed E-state index contributed by atoms with van der Waals surface area (Å²) >= 11 is 0. The summed E-state index contributed by atoms with van der Waals surface area (Å²) in [5.74, 6) is 2.09. The molecule has 0 aliphatic heterocycles. The van der Waals surface area contributed by atoms with Gasteiger partial charge in [0.1, 0.15) is 11.5 Å². The first-order valence-corrected chi connectivity index (χ1v) is 10.4. The number of nitrogens with two attached hydrogens (primary N) is 1. The third kappa shape index (κ3) is 4.25. The van der Waals surface area contributed by atoms with Gasteiger partial charge in [-0.2, -0.15) is 9.97 Å². The lowest BCUT2D eigenvalue weighted by Crippen LogP contribution is -2.33. The molecule has 0 bridgehead atoms. The van der Waals surface area contributed by atoms with Crippen molar-refractivity contribution in [2.45, 2.75) is 57.8 Å². The number of hydrogen-bond donors (Lipinski definition) is 4. The number of phenols is 1. The SMILES string of the molecule is CCn1cnc2c(NCc3cc(OC)ccc3O)nc(NC3CCC(N)CC3)nc21. The Bertz CT molecular complexity index is 1010.